The fourth-order valence-electron chi connectivity index (χ4n) is 1.28. The molecule has 0 N–H and O–H groups in total. The van der Waals surface area contributed by atoms with Gasteiger partial charge in [0.05, 0.1) is 0 Å². The van der Waals surface area contributed by atoms with Crippen molar-refractivity contribution < 1.29 is 4.43 Å². The molecule has 1 nitrogen and oxygen atoms in total. The van der Waals surface area contributed by atoms with Gasteiger partial charge in [-0.25, -0.2) is 0 Å². The van der Waals surface area contributed by atoms with Crippen molar-refractivity contribution in [1.82, 2.24) is 0 Å². The van der Waals surface area contributed by atoms with Crippen molar-refractivity contribution in [1.29, 1.82) is 0 Å². The highest BCUT2D eigenvalue weighted by Crippen LogP contribution is 2.19. The first-order chi connectivity index (χ1) is 5.33. The van der Waals surface area contributed by atoms with Crippen LogP contribution in [0, 0.1) is 0 Å². The quantitative estimate of drug-likeness (QED) is 0.530. The summed E-state index contributed by atoms with van der Waals surface area (Å²) >= 11 is 4.49. The topological polar surface area (TPSA) is 9.23 Å². The Bertz CT molecular complexity index is 104. The summed E-state index contributed by atoms with van der Waals surface area (Å²) in [6.45, 7) is 3.21. The minimum Gasteiger partial charge on any atom is -0.417 e. The van der Waals surface area contributed by atoms with Gasteiger partial charge >= 0.3 is 0 Å². The van der Waals surface area contributed by atoms with Gasteiger partial charge in [-0.3, -0.25) is 0 Å². The molecule has 0 aromatic carbocycles. The number of rotatable bonds is 3. The monoisotopic (exact) mass is 189 g/mol. The summed E-state index contributed by atoms with van der Waals surface area (Å²) in [4.78, 5) is 0. The Kier molecular flexibility index (Phi) is 4.56. The molecule has 0 saturated carbocycles. The van der Waals surface area contributed by atoms with Crippen LogP contribution in [-0.2, 0) is 4.43 Å². The van der Waals surface area contributed by atoms with E-state index < -0.39 is 9.04 Å². The second-order valence-electron chi connectivity index (χ2n) is 3.11. The smallest absolute Gasteiger partial charge is 0.212 e. The number of thiol groups is 1. The predicted molar refractivity (Wildman–Crippen MR) is 53.6 cm³/mol. The summed E-state index contributed by atoms with van der Waals surface area (Å²) in [6, 6.07) is 2.59. The zero-order valence-electron chi connectivity index (χ0n) is 7.18. The second kappa shape index (κ2) is 5.22. The van der Waals surface area contributed by atoms with Crippen LogP contribution in [0.1, 0.15) is 26.2 Å². The lowest BCUT2D eigenvalue weighted by molar-refractivity contribution is 0.286. The molecule has 0 aromatic rings. The lowest BCUT2D eigenvalue weighted by Gasteiger charge is -2.22. The second-order valence-corrected chi connectivity index (χ2v) is 6.12. The molecule has 0 spiro atoms. The lowest BCUT2D eigenvalue weighted by atomic mass is 10.4. The summed E-state index contributed by atoms with van der Waals surface area (Å²) in [5.74, 6) is 0. The average Bonchev–Trinajstić information content (AvgIpc) is 2.06. The molecule has 3 heteroatoms. The third-order valence-corrected chi connectivity index (χ3v) is 5.45. The summed E-state index contributed by atoms with van der Waals surface area (Å²) in [7, 11) is -0.436. The Morgan fingerprint density at radius 3 is 2.91 bits per heavy atom. The van der Waals surface area contributed by atoms with Crippen LogP contribution >= 0.6 is 12.6 Å². The van der Waals surface area contributed by atoms with Crippen LogP contribution in [0.3, 0.4) is 0 Å². The minimum atomic E-state index is -0.436. The maximum absolute atomic E-state index is 5.70. The van der Waals surface area contributed by atoms with Crippen molar-refractivity contribution in [3.8, 4) is 0 Å². The van der Waals surface area contributed by atoms with Crippen molar-refractivity contribution in [3.05, 3.63) is 0 Å². The highest BCUT2D eigenvalue weighted by Gasteiger charge is 2.19. The Morgan fingerprint density at radius 1 is 1.55 bits per heavy atom. The maximum atomic E-state index is 5.70. The molecule has 0 aliphatic carbocycles. The van der Waals surface area contributed by atoms with Gasteiger partial charge in [-0.05, 0) is 24.9 Å². The van der Waals surface area contributed by atoms with Crippen molar-refractivity contribution >= 4 is 21.7 Å². The van der Waals surface area contributed by atoms with E-state index in [4.69, 9.17) is 4.43 Å². The van der Waals surface area contributed by atoms with Gasteiger partial charge in [-0.15, -0.1) is 0 Å². The van der Waals surface area contributed by atoms with Gasteiger partial charge in [-0.1, -0.05) is 13.3 Å². The van der Waals surface area contributed by atoms with Crippen molar-refractivity contribution in [2.45, 2.75) is 43.5 Å². The molecule has 1 saturated heterocycles. The van der Waals surface area contributed by atoms with E-state index in [1.165, 1.54) is 31.4 Å². The van der Waals surface area contributed by atoms with E-state index in [1.807, 2.05) is 0 Å². The van der Waals surface area contributed by atoms with Gasteiger partial charge in [-0.2, -0.15) is 12.6 Å². The molecule has 0 amide bonds. The van der Waals surface area contributed by atoms with Gasteiger partial charge in [0.15, 0.2) is 0 Å². The summed E-state index contributed by atoms with van der Waals surface area (Å²) in [5, 5.41) is 0.585. The molecule has 1 atom stereocenters. The highest BCUT2D eigenvalue weighted by atomic mass is 32.1. The fourth-order valence-corrected chi connectivity index (χ4v) is 4.25. The van der Waals surface area contributed by atoms with Crippen LogP contribution in [0.2, 0.25) is 12.1 Å². The summed E-state index contributed by atoms with van der Waals surface area (Å²) in [5.41, 5.74) is 0. The summed E-state index contributed by atoms with van der Waals surface area (Å²) < 4.78 is 5.70. The largest absolute Gasteiger partial charge is 0.417 e. The SMILES string of the molecule is CCC(S)C[Si]1CCCCO1. The Labute approximate surface area is 76.7 Å². The number of hydrogen-bond donors (Lipinski definition) is 1. The zero-order valence-corrected chi connectivity index (χ0v) is 9.07. The minimum absolute atomic E-state index is 0.436. The fraction of sp³-hybridized carbons (Fsp3) is 1.00. The van der Waals surface area contributed by atoms with E-state index in [0.717, 1.165) is 6.61 Å². The molecular formula is C8H17OSSi. The van der Waals surface area contributed by atoms with Crippen LogP contribution in [-0.4, -0.2) is 20.9 Å². The van der Waals surface area contributed by atoms with E-state index in [9.17, 15) is 0 Å². The molecule has 1 unspecified atom stereocenters. The van der Waals surface area contributed by atoms with Crippen molar-refractivity contribution in [3.63, 3.8) is 0 Å². The molecule has 1 fully saturated rings. The zero-order chi connectivity index (χ0) is 8.10. The third-order valence-electron chi connectivity index (χ3n) is 2.09. The molecule has 11 heavy (non-hydrogen) atoms. The molecule has 1 radical (unpaired) electrons. The first-order valence-corrected chi connectivity index (χ1v) is 6.82. The van der Waals surface area contributed by atoms with Gasteiger partial charge in [0.25, 0.3) is 0 Å². The van der Waals surface area contributed by atoms with E-state index in [0.29, 0.717) is 5.25 Å². The third kappa shape index (κ3) is 3.63. The van der Waals surface area contributed by atoms with E-state index in [1.54, 1.807) is 0 Å². The Hall–Kier alpha value is 0.527. The normalized spacial score (nSPS) is 23.5. The highest BCUT2D eigenvalue weighted by molar-refractivity contribution is 7.81. The molecule has 0 aromatic heterocycles. The first kappa shape index (κ1) is 9.61. The van der Waals surface area contributed by atoms with Gasteiger partial charge in [0, 0.05) is 11.9 Å². The first-order valence-electron chi connectivity index (χ1n) is 4.48. The van der Waals surface area contributed by atoms with Crippen LogP contribution in [0.4, 0.5) is 0 Å². The van der Waals surface area contributed by atoms with Crippen molar-refractivity contribution in [2.75, 3.05) is 6.61 Å². The van der Waals surface area contributed by atoms with Crippen LogP contribution in [0.5, 0.6) is 0 Å². The van der Waals surface area contributed by atoms with Gasteiger partial charge in [0.2, 0.25) is 9.04 Å². The van der Waals surface area contributed by atoms with Crippen LogP contribution in [0.25, 0.3) is 0 Å². The predicted octanol–water partition coefficient (Wildman–Crippen LogP) is 2.50. The molecule has 1 rings (SSSR count). The maximum Gasteiger partial charge on any atom is 0.212 e. The number of hydrogen-bond acceptors (Lipinski definition) is 2. The van der Waals surface area contributed by atoms with Gasteiger partial charge < -0.3 is 4.43 Å². The Morgan fingerprint density at radius 2 is 2.36 bits per heavy atom. The van der Waals surface area contributed by atoms with Gasteiger partial charge in [0.1, 0.15) is 0 Å². The van der Waals surface area contributed by atoms with Crippen molar-refractivity contribution in [2.24, 2.45) is 0 Å². The average molecular weight is 189 g/mol. The molecular weight excluding hydrogens is 172 g/mol. The van der Waals surface area contributed by atoms with Crippen LogP contribution < -0.4 is 0 Å². The molecule has 1 heterocycles. The summed E-state index contributed by atoms with van der Waals surface area (Å²) in [6.07, 6.45) is 3.84. The molecule has 65 valence electrons. The molecule has 0 bridgehead atoms. The van der Waals surface area contributed by atoms with Crippen LogP contribution in [0.15, 0.2) is 0 Å². The molecule has 1 aliphatic heterocycles. The lowest BCUT2D eigenvalue weighted by Crippen LogP contribution is -2.25. The van der Waals surface area contributed by atoms with E-state index in [-0.39, 0.29) is 0 Å². The standard InChI is InChI=1S/C8H17OSSi/c1-2-8(10)7-11-6-4-3-5-9-11/h8,10H,2-7H2,1H3. The Balaban J connectivity index is 2.13. The van der Waals surface area contributed by atoms with E-state index in [2.05, 4.69) is 19.6 Å². The van der Waals surface area contributed by atoms with E-state index >= 15 is 0 Å². The molecule has 1 aliphatic rings.